The van der Waals surface area contributed by atoms with Crippen molar-refractivity contribution in [2.24, 2.45) is 5.92 Å². The molecule has 2 fully saturated rings. The van der Waals surface area contributed by atoms with E-state index in [4.69, 9.17) is 9.47 Å². The van der Waals surface area contributed by atoms with Crippen LogP contribution >= 0.6 is 0 Å². The number of ether oxygens (including phenoxy) is 2. The average Bonchev–Trinajstić information content (AvgIpc) is 3.33. The van der Waals surface area contributed by atoms with E-state index in [-0.39, 0.29) is 17.9 Å². The average molecular weight is 500 g/mol. The summed E-state index contributed by atoms with van der Waals surface area (Å²) in [6.07, 6.45) is 6.69. The van der Waals surface area contributed by atoms with Gasteiger partial charge in [-0.25, -0.2) is 4.98 Å². The first-order chi connectivity index (χ1) is 18.1. The third kappa shape index (κ3) is 5.77. The first-order valence-electron chi connectivity index (χ1n) is 13.1. The number of carbonyl (C=O) groups is 2. The molecule has 3 unspecified atom stereocenters. The molecule has 192 valence electrons. The van der Waals surface area contributed by atoms with E-state index in [9.17, 15) is 9.59 Å². The van der Waals surface area contributed by atoms with E-state index in [0.717, 1.165) is 43.4 Å². The number of amides is 2. The number of hydrogen-bond donors (Lipinski definition) is 1. The summed E-state index contributed by atoms with van der Waals surface area (Å²) in [4.78, 5) is 33.0. The SMILES string of the molecule is CCOc1ccc(Oc2cc(CNC(=O)C3CC4CCCCC4N3C(=O)c3ccccc3)ccn2)cc1. The van der Waals surface area contributed by atoms with Gasteiger partial charge in [0.25, 0.3) is 5.91 Å². The van der Waals surface area contributed by atoms with E-state index in [1.807, 2.05) is 78.6 Å². The maximum absolute atomic E-state index is 13.5. The van der Waals surface area contributed by atoms with Gasteiger partial charge in [0, 0.05) is 30.4 Å². The third-order valence-corrected chi connectivity index (χ3v) is 7.27. The van der Waals surface area contributed by atoms with E-state index in [0.29, 0.717) is 36.3 Å². The van der Waals surface area contributed by atoms with Gasteiger partial charge in [0.2, 0.25) is 11.8 Å². The van der Waals surface area contributed by atoms with Gasteiger partial charge in [-0.1, -0.05) is 31.0 Å². The highest BCUT2D eigenvalue weighted by Crippen LogP contribution is 2.40. The first-order valence-corrected chi connectivity index (χ1v) is 13.1. The van der Waals surface area contributed by atoms with Gasteiger partial charge in [-0.15, -0.1) is 0 Å². The Kier molecular flexibility index (Phi) is 7.68. The summed E-state index contributed by atoms with van der Waals surface area (Å²) in [6, 6.07) is 20.0. The Hall–Kier alpha value is -3.87. The number of likely N-dealkylation sites (tertiary alicyclic amines) is 1. The predicted octanol–water partition coefficient (Wildman–Crippen LogP) is 5.36. The topological polar surface area (TPSA) is 80.8 Å². The summed E-state index contributed by atoms with van der Waals surface area (Å²) in [6.45, 7) is 2.88. The molecule has 1 saturated heterocycles. The maximum Gasteiger partial charge on any atom is 0.254 e. The zero-order valence-electron chi connectivity index (χ0n) is 21.1. The highest BCUT2D eigenvalue weighted by Gasteiger charge is 2.47. The van der Waals surface area contributed by atoms with Crippen molar-refractivity contribution >= 4 is 11.8 Å². The second-order valence-corrected chi connectivity index (χ2v) is 9.67. The molecule has 3 atom stereocenters. The highest BCUT2D eigenvalue weighted by molar-refractivity contribution is 5.98. The molecule has 1 N–H and O–H groups in total. The van der Waals surface area contributed by atoms with Crippen molar-refractivity contribution < 1.29 is 19.1 Å². The molecule has 7 nitrogen and oxygen atoms in total. The molecule has 2 heterocycles. The Morgan fingerprint density at radius 3 is 2.54 bits per heavy atom. The molecule has 2 amide bonds. The van der Waals surface area contributed by atoms with Crippen molar-refractivity contribution in [3.63, 3.8) is 0 Å². The van der Waals surface area contributed by atoms with Crippen LogP contribution in [0.1, 0.15) is 54.9 Å². The zero-order valence-corrected chi connectivity index (χ0v) is 21.1. The second-order valence-electron chi connectivity index (χ2n) is 9.67. The number of benzene rings is 2. The molecule has 2 aromatic carbocycles. The highest BCUT2D eigenvalue weighted by atomic mass is 16.5. The Balaban J connectivity index is 1.25. The van der Waals surface area contributed by atoms with E-state index in [2.05, 4.69) is 10.3 Å². The lowest BCUT2D eigenvalue weighted by Crippen LogP contribution is -2.49. The van der Waals surface area contributed by atoms with Crippen molar-refractivity contribution in [3.05, 3.63) is 84.1 Å². The van der Waals surface area contributed by atoms with Crippen LogP contribution in [0.15, 0.2) is 72.9 Å². The van der Waals surface area contributed by atoms with Crippen LogP contribution in [0.5, 0.6) is 17.4 Å². The molecule has 3 aromatic rings. The van der Waals surface area contributed by atoms with Gasteiger partial charge in [0.05, 0.1) is 6.61 Å². The molecular weight excluding hydrogens is 466 g/mol. The minimum atomic E-state index is -0.456. The van der Waals surface area contributed by atoms with E-state index in [1.165, 1.54) is 0 Å². The molecular formula is C30H33N3O4. The van der Waals surface area contributed by atoms with Crippen LogP contribution in [-0.4, -0.2) is 40.4 Å². The Morgan fingerprint density at radius 2 is 1.76 bits per heavy atom. The van der Waals surface area contributed by atoms with Gasteiger partial charge >= 0.3 is 0 Å². The lowest BCUT2D eigenvalue weighted by Gasteiger charge is -2.33. The molecule has 0 bridgehead atoms. The summed E-state index contributed by atoms with van der Waals surface area (Å²) >= 11 is 0. The third-order valence-electron chi connectivity index (χ3n) is 7.27. The van der Waals surface area contributed by atoms with Crippen LogP contribution in [0.25, 0.3) is 0 Å². The van der Waals surface area contributed by atoms with E-state index in [1.54, 1.807) is 6.20 Å². The van der Waals surface area contributed by atoms with Gasteiger partial charge in [-0.2, -0.15) is 0 Å². The lowest BCUT2D eigenvalue weighted by molar-refractivity contribution is -0.125. The molecule has 1 saturated carbocycles. The zero-order chi connectivity index (χ0) is 25.6. The van der Waals surface area contributed by atoms with Crippen molar-refractivity contribution in [3.8, 4) is 17.4 Å². The van der Waals surface area contributed by atoms with Crippen LogP contribution in [0, 0.1) is 5.92 Å². The van der Waals surface area contributed by atoms with Crippen LogP contribution in [-0.2, 0) is 11.3 Å². The normalized spacial score (nSPS) is 20.7. The molecule has 37 heavy (non-hydrogen) atoms. The molecule has 1 aliphatic heterocycles. The fourth-order valence-corrected chi connectivity index (χ4v) is 5.53. The summed E-state index contributed by atoms with van der Waals surface area (Å²) in [5.41, 5.74) is 1.51. The number of nitrogens with zero attached hydrogens (tertiary/aromatic N) is 2. The Labute approximate surface area is 217 Å². The molecule has 2 aliphatic rings. The van der Waals surface area contributed by atoms with E-state index >= 15 is 0 Å². The fraction of sp³-hybridized carbons (Fsp3) is 0.367. The Morgan fingerprint density at radius 1 is 1.00 bits per heavy atom. The Bertz CT molecular complexity index is 1220. The lowest BCUT2D eigenvalue weighted by atomic mass is 9.84. The number of carbonyl (C=O) groups excluding carboxylic acids is 2. The largest absolute Gasteiger partial charge is 0.494 e. The molecule has 0 radical (unpaired) electrons. The van der Waals surface area contributed by atoms with Crippen molar-refractivity contribution in [1.29, 1.82) is 0 Å². The monoisotopic (exact) mass is 499 g/mol. The summed E-state index contributed by atoms with van der Waals surface area (Å²) in [5, 5.41) is 3.07. The van der Waals surface area contributed by atoms with Crippen LogP contribution < -0.4 is 14.8 Å². The van der Waals surface area contributed by atoms with Gasteiger partial charge in [-0.3, -0.25) is 9.59 Å². The van der Waals surface area contributed by atoms with Crippen molar-refractivity contribution in [1.82, 2.24) is 15.2 Å². The van der Waals surface area contributed by atoms with Crippen LogP contribution in [0.2, 0.25) is 0 Å². The number of hydrogen-bond acceptors (Lipinski definition) is 5. The molecule has 5 rings (SSSR count). The number of fused-ring (bicyclic) bond motifs is 1. The van der Waals surface area contributed by atoms with Crippen molar-refractivity contribution in [2.75, 3.05) is 6.61 Å². The fourth-order valence-electron chi connectivity index (χ4n) is 5.53. The van der Waals surface area contributed by atoms with Gasteiger partial charge in [0.1, 0.15) is 17.5 Å². The number of aromatic nitrogens is 1. The summed E-state index contributed by atoms with van der Waals surface area (Å²) < 4.78 is 11.4. The predicted molar refractivity (Wildman–Crippen MR) is 141 cm³/mol. The van der Waals surface area contributed by atoms with Gasteiger partial charge in [0.15, 0.2) is 0 Å². The first kappa shape index (κ1) is 24.8. The quantitative estimate of drug-likeness (QED) is 0.451. The number of nitrogens with one attached hydrogen (secondary N) is 1. The minimum Gasteiger partial charge on any atom is -0.494 e. The molecule has 1 aliphatic carbocycles. The molecule has 1 aromatic heterocycles. The van der Waals surface area contributed by atoms with Crippen molar-refractivity contribution in [2.45, 2.75) is 57.7 Å². The second kappa shape index (κ2) is 11.5. The smallest absolute Gasteiger partial charge is 0.254 e. The number of pyridine rings is 1. The molecule has 7 heteroatoms. The number of rotatable bonds is 8. The molecule has 0 spiro atoms. The van der Waals surface area contributed by atoms with Crippen LogP contribution in [0.3, 0.4) is 0 Å². The standard InChI is InChI=1S/C30H33N3O4/c1-2-36-24-12-14-25(15-13-24)37-28-18-21(16-17-31-28)20-32-29(34)27-19-23-10-6-7-11-26(23)33(27)30(35)22-8-4-3-5-9-22/h3-5,8-9,12-18,23,26-27H,2,6-7,10-11,19-20H2,1H3,(H,32,34). The summed E-state index contributed by atoms with van der Waals surface area (Å²) in [7, 11) is 0. The van der Waals surface area contributed by atoms with Gasteiger partial charge < -0.3 is 19.7 Å². The minimum absolute atomic E-state index is 0.0508. The van der Waals surface area contributed by atoms with Gasteiger partial charge in [-0.05, 0) is 80.1 Å². The van der Waals surface area contributed by atoms with Crippen LogP contribution in [0.4, 0.5) is 0 Å². The maximum atomic E-state index is 13.5. The van der Waals surface area contributed by atoms with E-state index < -0.39 is 6.04 Å². The summed E-state index contributed by atoms with van der Waals surface area (Å²) in [5.74, 6) is 2.11.